The van der Waals surface area contributed by atoms with Gasteiger partial charge < -0.3 is 18.9 Å². The summed E-state index contributed by atoms with van der Waals surface area (Å²) in [7, 11) is 4.55. The molecule has 1 saturated carbocycles. The zero-order chi connectivity index (χ0) is 25.1. The number of ether oxygens (including phenoxy) is 4. The van der Waals surface area contributed by atoms with E-state index in [0.717, 1.165) is 22.6 Å². The molecule has 0 aromatic heterocycles. The van der Waals surface area contributed by atoms with Crippen LogP contribution in [-0.4, -0.2) is 45.4 Å². The highest BCUT2D eigenvalue weighted by Crippen LogP contribution is 2.46. The highest BCUT2D eigenvalue weighted by molar-refractivity contribution is 6.12. The monoisotopic (exact) mass is 477 g/mol. The molecule has 184 valence electrons. The van der Waals surface area contributed by atoms with Gasteiger partial charge in [0, 0.05) is 23.7 Å². The number of benzene rings is 2. The fraction of sp³-hybridized carbons (Fsp3) is 0.393. The second kappa shape index (κ2) is 10.3. The summed E-state index contributed by atoms with van der Waals surface area (Å²) in [4.78, 5) is 31.3. The molecule has 3 atom stereocenters. The van der Waals surface area contributed by atoms with Gasteiger partial charge in [0.1, 0.15) is 11.5 Å². The summed E-state index contributed by atoms with van der Waals surface area (Å²) in [5.74, 6) is 0.605. The van der Waals surface area contributed by atoms with E-state index in [1.807, 2.05) is 56.3 Å². The fourth-order valence-electron chi connectivity index (χ4n) is 5.19. The van der Waals surface area contributed by atoms with Crippen molar-refractivity contribution in [3.05, 3.63) is 64.9 Å². The Kier molecular flexibility index (Phi) is 7.24. The molecule has 0 saturated heterocycles. The average Bonchev–Trinajstić information content (AvgIpc) is 2.87. The molecular weight excluding hydrogens is 446 g/mol. The van der Waals surface area contributed by atoms with Crippen molar-refractivity contribution in [3.63, 3.8) is 0 Å². The first-order valence-electron chi connectivity index (χ1n) is 11.8. The summed E-state index contributed by atoms with van der Waals surface area (Å²) >= 11 is 0. The Morgan fingerprint density at radius 2 is 1.63 bits per heavy atom. The number of hydrogen-bond donors (Lipinski definition) is 0. The number of rotatable bonds is 7. The lowest BCUT2D eigenvalue weighted by atomic mass is 9.66. The summed E-state index contributed by atoms with van der Waals surface area (Å²) in [6.45, 7) is 4.29. The van der Waals surface area contributed by atoms with E-state index in [0.29, 0.717) is 42.2 Å². The molecule has 0 N–H and O–H groups in total. The molecule has 2 aromatic carbocycles. The van der Waals surface area contributed by atoms with Crippen LogP contribution in [0.1, 0.15) is 49.7 Å². The summed E-state index contributed by atoms with van der Waals surface area (Å²) in [6, 6.07) is 13.3. The minimum absolute atomic E-state index is 0.0363. The smallest absolute Gasteiger partial charge is 0.336 e. The van der Waals surface area contributed by atoms with E-state index in [2.05, 4.69) is 0 Å². The van der Waals surface area contributed by atoms with Crippen LogP contribution in [-0.2, 0) is 14.3 Å². The predicted octanol–water partition coefficient (Wildman–Crippen LogP) is 4.85. The van der Waals surface area contributed by atoms with E-state index in [-0.39, 0.29) is 11.7 Å². The normalized spacial score (nSPS) is 21.7. The van der Waals surface area contributed by atoms with Gasteiger partial charge in [0.2, 0.25) is 0 Å². The van der Waals surface area contributed by atoms with E-state index >= 15 is 0 Å². The lowest BCUT2D eigenvalue weighted by Gasteiger charge is -2.38. The van der Waals surface area contributed by atoms with Gasteiger partial charge in [0.25, 0.3) is 0 Å². The van der Waals surface area contributed by atoms with Gasteiger partial charge in [-0.3, -0.25) is 9.79 Å². The van der Waals surface area contributed by atoms with Gasteiger partial charge in [-0.15, -0.1) is 0 Å². The number of fused-ring (bicyclic) bond motifs is 1. The quantitative estimate of drug-likeness (QED) is 0.530. The standard InChI is InChI=1S/C28H31NO6/c1-6-35-20-10-7-17(8-11-20)26-25(28(31)34-5)16(2)29-21-13-19(14-22(30)27(21)26)18-9-12-23(32-3)24(15-18)33-4/h7-12,15,19,26-27H,6,13-14H2,1-5H3/t19-,26-,27?/m0/s1. The van der Waals surface area contributed by atoms with Crippen LogP contribution in [0.4, 0.5) is 0 Å². The first-order chi connectivity index (χ1) is 16.9. The number of Topliss-reactive ketones (excluding diaryl/α,β-unsaturated/α-hetero) is 1. The number of aliphatic imine (C=N–C) groups is 1. The molecule has 1 aliphatic carbocycles. The van der Waals surface area contributed by atoms with Gasteiger partial charge in [-0.05, 0) is 61.6 Å². The molecule has 7 nitrogen and oxygen atoms in total. The van der Waals surface area contributed by atoms with Crippen molar-refractivity contribution in [2.24, 2.45) is 10.9 Å². The molecule has 2 aromatic rings. The molecule has 0 amide bonds. The van der Waals surface area contributed by atoms with Crippen molar-refractivity contribution < 1.29 is 28.5 Å². The number of allylic oxidation sites excluding steroid dienone is 1. The van der Waals surface area contributed by atoms with Crippen molar-refractivity contribution in [3.8, 4) is 17.2 Å². The minimum atomic E-state index is -0.512. The van der Waals surface area contributed by atoms with Crippen molar-refractivity contribution in [2.45, 2.75) is 38.5 Å². The van der Waals surface area contributed by atoms with Crippen LogP contribution in [0.15, 0.2) is 58.7 Å². The summed E-state index contributed by atoms with van der Waals surface area (Å²) in [5, 5.41) is 0. The molecule has 0 spiro atoms. The Balaban J connectivity index is 1.74. The Hall–Kier alpha value is -3.61. The lowest BCUT2D eigenvalue weighted by molar-refractivity contribution is -0.136. The van der Waals surface area contributed by atoms with E-state index in [4.69, 9.17) is 23.9 Å². The van der Waals surface area contributed by atoms with Gasteiger partial charge in [-0.1, -0.05) is 18.2 Å². The number of nitrogens with zero attached hydrogens (tertiary/aromatic N) is 1. The topological polar surface area (TPSA) is 83.4 Å². The fourth-order valence-corrected chi connectivity index (χ4v) is 5.19. The Morgan fingerprint density at radius 1 is 0.943 bits per heavy atom. The third kappa shape index (κ3) is 4.67. The Bertz CT molecular complexity index is 1180. The molecule has 1 aliphatic heterocycles. The first-order valence-corrected chi connectivity index (χ1v) is 11.8. The third-order valence-corrected chi connectivity index (χ3v) is 6.79. The zero-order valence-electron chi connectivity index (χ0n) is 20.8. The molecular formula is C28H31NO6. The molecule has 1 unspecified atom stereocenters. The zero-order valence-corrected chi connectivity index (χ0v) is 20.8. The average molecular weight is 478 g/mol. The van der Waals surface area contributed by atoms with E-state index in [9.17, 15) is 9.59 Å². The molecule has 4 rings (SSSR count). The largest absolute Gasteiger partial charge is 0.494 e. The predicted molar refractivity (Wildman–Crippen MR) is 133 cm³/mol. The molecule has 2 aliphatic rings. The van der Waals surface area contributed by atoms with Crippen molar-refractivity contribution in [1.29, 1.82) is 0 Å². The lowest BCUT2D eigenvalue weighted by Crippen LogP contribution is -2.41. The molecule has 0 bridgehead atoms. The van der Waals surface area contributed by atoms with Crippen molar-refractivity contribution in [2.75, 3.05) is 27.9 Å². The maximum Gasteiger partial charge on any atom is 0.336 e. The summed E-state index contributed by atoms with van der Waals surface area (Å²) < 4.78 is 21.5. The second-order valence-electron chi connectivity index (χ2n) is 8.74. The maximum absolute atomic E-state index is 13.7. The number of methoxy groups -OCH3 is 3. The van der Waals surface area contributed by atoms with E-state index < -0.39 is 17.8 Å². The van der Waals surface area contributed by atoms with Crippen LogP contribution < -0.4 is 14.2 Å². The highest BCUT2D eigenvalue weighted by atomic mass is 16.5. The molecule has 35 heavy (non-hydrogen) atoms. The third-order valence-electron chi connectivity index (χ3n) is 6.79. The molecule has 7 heteroatoms. The Morgan fingerprint density at radius 3 is 2.26 bits per heavy atom. The van der Waals surface area contributed by atoms with Gasteiger partial charge >= 0.3 is 5.97 Å². The van der Waals surface area contributed by atoms with Crippen LogP contribution in [0.25, 0.3) is 0 Å². The van der Waals surface area contributed by atoms with Crippen LogP contribution in [0.3, 0.4) is 0 Å². The van der Waals surface area contributed by atoms with E-state index in [1.165, 1.54) is 7.11 Å². The second-order valence-corrected chi connectivity index (χ2v) is 8.74. The molecule has 1 heterocycles. The minimum Gasteiger partial charge on any atom is -0.494 e. The Labute approximate surface area is 205 Å². The maximum atomic E-state index is 13.7. The van der Waals surface area contributed by atoms with Gasteiger partial charge in [0.05, 0.1) is 39.4 Å². The first kappa shape index (κ1) is 24.5. The summed E-state index contributed by atoms with van der Waals surface area (Å²) in [6.07, 6.45) is 0.964. The van der Waals surface area contributed by atoms with Crippen LogP contribution in [0, 0.1) is 5.92 Å². The van der Waals surface area contributed by atoms with Crippen LogP contribution in [0.5, 0.6) is 17.2 Å². The summed E-state index contributed by atoms with van der Waals surface area (Å²) in [5.41, 5.74) is 3.68. The molecule has 0 radical (unpaired) electrons. The van der Waals surface area contributed by atoms with Crippen molar-refractivity contribution in [1.82, 2.24) is 0 Å². The van der Waals surface area contributed by atoms with Gasteiger partial charge in [-0.25, -0.2) is 4.79 Å². The SMILES string of the molecule is CCOc1ccc([C@H]2C(C(=O)OC)=C(C)N=C3C[C@H](c4ccc(OC)c(OC)c4)CC(=O)C32)cc1. The van der Waals surface area contributed by atoms with Crippen molar-refractivity contribution >= 4 is 17.5 Å². The van der Waals surface area contributed by atoms with Gasteiger partial charge in [0.15, 0.2) is 11.5 Å². The van der Waals surface area contributed by atoms with Crippen LogP contribution >= 0.6 is 0 Å². The number of hydrogen-bond acceptors (Lipinski definition) is 7. The van der Waals surface area contributed by atoms with Crippen LogP contribution in [0.2, 0.25) is 0 Å². The van der Waals surface area contributed by atoms with Gasteiger partial charge in [-0.2, -0.15) is 0 Å². The number of ketones is 1. The molecule has 1 fully saturated rings. The van der Waals surface area contributed by atoms with E-state index in [1.54, 1.807) is 14.2 Å². The number of esters is 1. The number of carbonyl (C=O) groups excluding carboxylic acids is 2. The number of carbonyl (C=O) groups is 2. The highest BCUT2D eigenvalue weighted by Gasteiger charge is 2.46.